The summed E-state index contributed by atoms with van der Waals surface area (Å²) in [4.78, 5) is 5.15. The van der Waals surface area contributed by atoms with Crippen LogP contribution in [-0.2, 0) is 0 Å². The molecule has 84 valence electrons. The molecule has 0 aromatic carbocycles. The van der Waals surface area contributed by atoms with E-state index in [9.17, 15) is 0 Å². The third-order valence-corrected chi connectivity index (χ3v) is 4.14. The van der Waals surface area contributed by atoms with Gasteiger partial charge in [-0.05, 0) is 12.5 Å². The average Bonchev–Trinajstić information content (AvgIpc) is 2.26. The lowest BCUT2D eigenvalue weighted by Gasteiger charge is -2.35. The lowest BCUT2D eigenvalue weighted by atomic mass is 10.1. The summed E-state index contributed by atoms with van der Waals surface area (Å²) in [6, 6.07) is 0. The highest BCUT2D eigenvalue weighted by molar-refractivity contribution is 9.09. The van der Waals surface area contributed by atoms with Gasteiger partial charge in [0, 0.05) is 38.1 Å². The topological polar surface area (TPSA) is 6.48 Å². The smallest absolute Gasteiger partial charge is 0.0110 e. The number of piperazine rings is 1. The minimum Gasteiger partial charge on any atom is -0.301 e. The van der Waals surface area contributed by atoms with Gasteiger partial charge >= 0.3 is 0 Å². The summed E-state index contributed by atoms with van der Waals surface area (Å²) in [6.45, 7) is 12.1. The molecule has 1 saturated heterocycles. The predicted octanol–water partition coefficient (Wildman–Crippen LogP) is 2.04. The minimum atomic E-state index is 0.836. The van der Waals surface area contributed by atoms with Crippen LogP contribution in [0.1, 0.15) is 20.3 Å². The first-order chi connectivity index (χ1) is 6.80. The van der Waals surface area contributed by atoms with Crippen molar-refractivity contribution in [1.82, 2.24) is 9.80 Å². The van der Waals surface area contributed by atoms with Crippen molar-refractivity contribution in [3.8, 4) is 0 Å². The molecule has 0 amide bonds. The van der Waals surface area contributed by atoms with Crippen molar-refractivity contribution in [2.24, 2.45) is 5.92 Å². The van der Waals surface area contributed by atoms with Crippen LogP contribution in [0.4, 0.5) is 0 Å². The Bertz CT molecular complexity index is 140. The van der Waals surface area contributed by atoms with Crippen LogP contribution >= 0.6 is 15.9 Å². The second-order valence-corrected chi connectivity index (χ2v) is 4.81. The second kappa shape index (κ2) is 6.81. The van der Waals surface area contributed by atoms with Crippen LogP contribution in [0.5, 0.6) is 0 Å². The van der Waals surface area contributed by atoms with Gasteiger partial charge in [0.1, 0.15) is 0 Å². The van der Waals surface area contributed by atoms with E-state index in [0.29, 0.717) is 0 Å². The maximum Gasteiger partial charge on any atom is 0.0110 e. The third kappa shape index (κ3) is 3.87. The van der Waals surface area contributed by atoms with E-state index in [2.05, 4.69) is 39.6 Å². The van der Waals surface area contributed by atoms with E-state index >= 15 is 0 Å². The monoisotopic (exact) mass is 262 g/mol. The Kier molecular flexibility index (Phi) is 6.06. The highest BCUT2D eigenvalue weighted by atomic mass is 79.9. The first-order valence-electron chi connectivity index (χ1n) is 5.80. The fourth-order valence-electron chi connectivity index (χ4n) is 1.94. The molecule has 0 aromatic heterocycles. The van der Waals surface area contributed by atoms with Crippen molar-refractivity contribution in [2.75, 3.05) is 44.6 Å². The Labute approximate surface area is 96.8 Å². The Morgan fingerprint density at radius 2 is 1.64 bits per heavy atom. The summed E-state index contributed by atoms with van der Waals surface area (Å²) >= 11 is 3.59. The van der Waals surface area contributed by atoms with Crippen molar-refractivity contribution in [1.29, 1.82) is 0 Å². The molecule has 1 rings (SSSR count). The van der Waals surface area contributed by atoms with E-state index in [-0.39, 0.29) is 0 Å². The summed E-state index contributed by atoms with van der Waals surface area (Å²) in [5.41, 5.74) is 0. The van der Waals surface area contributed by atoms with Crippen molar-refractivity contribution in [3.63, 3.8) is 0 Å². The first kappa shape index (κ1) is 12.5. The van der Waals surface area contributed by atoms with Gasteiger partial charge in [0.15, 0.2) is 0 Å². The summed E-state index contributed by atoms with van der Waals surface area (Å²) in [5, 5.41) is 1.15. The van der Waals surface area contributed by atoms with Crippen LogP contribution in [0.25, 0.3) is 0 Å². The van der Waals surface area contributed by atoms with Gasteiger partial charge in [0.25, 0.3) is 0 Å². The SMILES string of the molecule is CCC(CBr)CN1CCN(CC)CC1. The van der Waals surface area contributed by atoms with Gasteiger partial charge in [0.2, 0.25) is 0 Å². The molecule has 0 radical (unpaired) electrons. The lowest BCUT2D eigenvalue weighted by Crippen LogP contribution is -2.47. The second-order valence-electron chi connectivity index (χ2n) is 4.16. The van der Waals surface area contributed by atoms with Gasteiger partial charge in [-0.15, -0.1) is 0 Å². The molecule has 1 fully saturated rings. The summed E-state index contributed by atoms with van der Waals surface area (Å²) in [7, 11) is 0. The molecule has 0 spiro atoms. The molecule has 0 bridgehead atoms. The fourth-order valence-corrected chi connectivity index (χ4v) is 2.60. The normalized spacial score (nSPS) is 22.5. The molecule has 1 unspecified atom stereocenters. The van der Waals surface area contributed by atoms with Crippen molar-refractivity contribution in [3.05, 3.63) is 0 Å². The fraction of sp³-hybridized carbons (Fsp3) is 1.00. The molecule has 0 aliphatic carbocycles. The van der Waals surface area contributed by atoms with Crippen LogP contribution in [0.3, 0.4) is 0 Å². The average molecular weight is 263 g/mol. The Morgan fingerprint density at radius 1 is 1.07 bits per heavy atom. The third-order valence-electron chi connectivity index (χ3n) is 3.22. The largest absolute Gasteiger partial charge is 0.301 e. The van der Waals surface area contributed by atoms with E-state index < -0.39 is 0 Å². The molecule has 1 heterocycles. The van der Waals surface area contributed by atoms with E-state index in [1.165, 1.54) is 45.7 Å². The van der Waals surface area contributed by atoms with Crippen molar-refractivity contribution >= 4 is 15.9 Å². The van der Waals surface area contributed by atoms with E-state index in [0.717, 1.165) is 11.2 Å². The van der Waals surface area contributed by atoms with Gasteiger partial charge in [-0.3, -0.25) is 0 Å². The van der Waals surface area contributed by atoms with E-state index in [1.54, 1.807) is 0 Å². The summed E-state index contributed by atoms with van der Waals surface area (Å²) in [5.74, 6) is 0.836. The molecule has 14 heavy (non-hydrogen) atoms. The first-order valence-corrected chi connectivity index (χ1v) is 6.93. The molecule has 0 saturated carbocycles. The Hall–Kier alpha value is 0.400. The van der Waals surface area contributed by atoms with E-state index in [4.69, 9.17) is 0 Å². The summed E-state index contributed by atoms with van der Waals surface area (Å²) < 4.78 is 0. The van der Waals surface area contributed by atoms with Crippen LogP contribution in [-0.4, -0.2) is 54.4 Å². The zero-order valence-electron chi connectivity index (χ0n) is 9.51. The highest BCUT2D eigenvalue weighted by Crippen LogP contribution is 2.10. The molecule has 0 aromatic rings. The van der Waals surface area contributed by atoms with Gasteiger partial charge in [0.05, 0.1) is 0 Å². The maximum absolute atomic E-state index is 3.59. The molecule has 1 atom stereocenters. The van der Waals surface area contributed by atoms with Crippen molar-refractivity contribution < 1.29 is 0 Å². The number of halogens is 1. The minimum absolute atomic E-state index is 0.836. The zero-order chi connectivity index (χ0) is 10.4. The standard InChI is InChI=1S/C11H23BrN2/c1-3-11(9-12)10-14-7-5-13(4-2)6-8-14/h11H,3-10H2,1-2H3. The zero-order valence-corrected chi connectivity index (χ0v) is 11.1. The van der Waals surface area contributed by atoms with Gasteiger partial charge < -0.3 is 9.80 Å². The number of likely N-dealkylation sites (N-methyl/N-ethyl adjacent to an activating group) is 1. The number of rotatable bonds is 5. The van der Waals surface area contributed by atoms with E-state index in [1.807, 2.05) is 0 Å². The van der Waals surface area contributed by atoms with Crippen molar-refractivity contribution in [2.45, 2.75) is 20.3 Å². The molecule has 1 aliphatic rings. The van der Waals surface area contributed by atoms with Gasteiger partial charge in [-0.2, -0.15) is 0 Å². The van der Waals surface area contributed by atoms with Crippen LogP contribution in [0, 0.1) is 5.92 Å². The quantitative estimate of drug-likeness (QED) is 0.700. The van der Waals surface area contributed by atoms with Gasteiger partial charge in [-0.25, -0.2) is 0 Å². The number of alkyl halides is 1. The predicted molar refractivity (Wildman–Crippen MR) is 66.1 cm³/mol. The molecule has 1 aliphatic heterocycles. The van der Waals surface area contributed by atoms with Crippen LogP contribution in [0.15, 0.2) is 0 Å². The molecular weight excluding hydrogens is 240 g/mol. The molecule has 2 nitrogen and oxygen atoms in total. The maximum atomic E-state index is 3.59. The Morgan fingerprint density at radius 3 is 2.07 bits per heavy atom. The lowest BCUT2D eigenvalue weighted by molar-refractivity contribution is 0.124. The molecule has 0 N–H and O–H groups in total. The molecule has 3 heteroatoms. The number of hydrogen-bond acceptors (Lipinski definition) is 2. The number of nitrogens with zero attached hydrogens (tertiary/aromatic N) is 2. The Balaban J connectivity index is 2.21. The molecular formula is C11H23BrN2. The van der Waals surface area contributed by atoms with Crippen LogP contribution in [0.2, 0.25) is 0 Å². The summed E-state index contributed by atoms with van der Waals surface area (Å²) in [6.07, 6.45) is 1.29. The number of hydrogen-bond donors (Lipinski definition) is 0. The van der Waals surface area contributed by atoms with Crippen LogP contribution < -0.4 is 0 Å². The highest BCUT2D eigenvalue weighted by Gasteiger charge is 2.17. The van der Waals surface area contributed by atoms with Gasteiger partial charge in [-0.1, -0.05) is 36.2 Å².